The lowest BCUT2D eigenvalue weighted by molar-refractivity contribution is -0.375. The maximum absolute atomic E-state index is 12.4. The van der Waals surface area contributed by atoms with E-state index in [1.165, 1.54) is 0 Å². The van der Waals surface area contributed by atoms with Gasteiger partial charge in [0, 0.05) is 0 Å². The van der Waals surface area contributed by atoms with E-state index in [4.69, 9.17) is 42.6 Å². The Bertz CT molecular complexity index is 2210. The number of ether oxygens (including phenoxy) is 9. The van der Waals surface area contributed by atoms with Crippen molar-refractivity contribution in [2.24, 2.45) is 0 Å². The third kappa shape index (κ3) is 13.5. The molecule has 0 radical (unpaired) electrons. The summed E-state index contributed by atoms with van der Waals surface area (Å²) in [5.41, 5.74) is 5.67. The number of rotatable bonds is 22. The summed E-state index contributed by atoms with van der Waals surface area (Å²) in [6, 6.07) is 58.7. The lowest BCUT2D eigenvalue weighted by Crippen LogP contribution is -2.65. The fourth-order valence-corrected chi connectivity index (χ4v) is 8.05. The second-order valence-electron chi connectivity index (χ2n) is 16.2. The van der Waals surface area contributed by atoms with Crippen LogP contribution in [0, 0.1) is 0 Å². The Hall–Kier alpha value is -5.12. The molecule has 0 amide bonds. The van der Waals surface area contributed by atoms with Crippen LogP contribution in [0.5, 0.6) is 0 Å². The van der Waals surface area contributed by atoms with Crippen molar-refractivity contribution in [2.45, 2.75) is 101 Å². The van der Waals surface area contributed by atoms with E-state index in [1.807, 2.05) is 182 Å². The Balaban J connectivity index is 1.09. The molecule has 65 heavy (non-hydrogen) atoms. The molecule has 0 aliphatic carbocycles. The second-order valence-corrected chi connectivity index (χ2v) is 16.2. The molecule has 11 heteroatoms. The van der Waals surface area contributed by atoms with Crippen LogP contribution in [0.4, 0.5) is 0 Å². The van der Waals surface area contributed by atoms with Crippen LogP contribution >= 0.6 is 0 Å². The number of hydrogen-bond donors (Lipinski definition) is 2. The average molecular weight is 883 g/mol. The predicted octanol–water partition coefficient (Wildman–Crippen LogP) is 7.95. The fraction of sp³-hybridized carbons (Fsp3) is 0.333. The topological polar surface area (TPSA) is 124 Å². The molecular weight excluding hydrogens is 825 g/mol. The highest BCUT2D eigenvalue weighted by Gasteiger charge is 2.53. The van der Waals surface area contributed by atoms with Gasteiger partial charge in [0.05, 0.1) is 52.9 Å². The van der Waals surface area contributed by atoms with Gasteiger partial charge in [0.2, 0.25) is 0 Å². The van der Waals surface area contributed by atoms with Crippen LogP contribution in [0.15, 0.2) is 182 Å². The molecule has 0 bridgehead atoms. The van der Waals surface area contributed by atoms with Crippen LogP contribution in [-0.2, 0) is 82.3 Å². The zero-order valence-corrected chi connectivity index (χ0v) is 36.3. The number of hydrogen-bond acceptors (Lipinski definition) is 11. The normalized spacial score (nSPS) is 25.6. The molecule has 2 heterocycles. The van der Waals surface area contributed by atoms with Crippen molar-refractivity contribution in [3.8, 4) is 0 Å². The highest BCUT2D eigenvalue weighted by molar-refractivity contribution is 5.18. The van der Waals surface area contributed by atoms with Crippen molar-refractivity contribution >= 4 is 0 Å². The van der Waals surface area contributed by atoms with E-state index in [0.29, 0.717) is 13.2 Å². The van der Waals surface area contributed by atoms with Gasteiger partial charge in [0.25, 0.3) is 0 Å². The van der Waals surface area contributed by atoms with E-state index in [0.717, 1.165) is 33.4 Å². The molecule has 10 atom stereocenters. The molecule has 2 aliphatic rings. The summed E-state index contributed by atoms with van der Waals surface area (Å²) < 4.78 is 59.0. The van der Waals surface area contributed by atoms with Crippen LogP contribution in [0.2, 0.25) is 0 Å². The second kappa shape index (κ2) is 24.4. The fourth-order valence-electron chi connectivity index (χ4n) is 8.05. The Labute approximate surface area is 381 Å². The van der Waals surface area contributed by atoms with Crippen LogP contribution < -0.4 is 0 Å². The maximum Gasteiger partial charge on any atom is 0.187 e. The van der Waals surface area contributed by atoms with Crippen molar-refractivity contribution in [2.75, 3.05) is 13.2 Å². The van der Waals surface area contributed by atoms with Gasteiger partial charge >= 0.3 is 0 Å². The summed E-state index contributed by atoms with van der Waals surface area (Å²) in [4.78, 5) is 0. The van der Waals surface area contributed by atoms with E-state index in [1.54, 1.807) is 0 Å². The van der Waals surface area contributed by atoms with Gasteiger partial charge in [-0.2, -0.15) is 0 Å². The molecule has 0 spiro atoms. The van der Waals surface area contributed by atoms with Crippen molar-refractivity contribution in [1.82, 2.24) is 0 Å². The quantitative estimate of drug-likeness (QED) is 0.0691. The van der Waals surface area contributed by atoms with E-state index in [-0.39, 0.29) is 39.6 Å². The first-order valence-electron chi connectivity index (χ1n) is 22.3. The largest absolute Gasteiger partial charge is 0.385 e. The molecule has 6 unspecified atom stereocenters. The first-order chi connectivity index (χ1) is 32.1. The third-order valence-corrected chi connectivity index (χ3v) is 11.4. The van der Waals surface area contributed by atoms with Crippen molar-refractivity contribution in [3.05, 3.63) is 215 Å². The standard InChI is InChI=1S/C54H58O11/c55-47-50(61-35-43-27-15-5-16-28-43)48(59-33-41-23-11-3-12-24-41)46(38-58-32-40-21-9-2-10-22-40)64-54(47)65-52-51(62-36-44-29-17-6-18-30-44)49(60-34-42-25-13-4-14-26-42)45(63-53(52)56)37-57-31-39-19-7-1-8-20-39/h1-30,45-56H,31-38H2/t45?,46?,47?,48-,49-,50?,51?,52?,53+,54-/m1/s1. The molecule has 8 rings (SSSR count). The van der Waals surface area contributed by atoms with Crippen LogP contribution in [0.1, 0.15) is 33.4 Å². The maximum atomic E-state index is 12.4. The van der Waals surface area contributed by atoms with Gasteiger partial charge in [0.1, 0.15) is 48.8 Å². The summed E-state index contributed by atoms with van der Waals surface area (Å²) >= 11 is 0. The van der Waals surface area contributed by atoms with Crippen LogP contribution in [0.3, 0.4) is 0 Å². The average Bonchev–Trinajstić information content (AvgIpc) is 3.35. The Morgan fingerprint density at radius 3 is 1.03 bits per heavy atom. The number of benzene rings is 6. The zero-order valence-electron chi connectivity index (χ0n) is 36.3. The van der Waals surface area contributed by atoms with Crippen molar-refractivity contribution in [3.63, 3.8) is 0 Å². The minimum absolute atomic E-state index is 0.0768. The van der Waals surface area contributed by atoms with Gasteiger partial charge in [-0.05, 0) is 33.4 Å². The number of aliphatic hydroxyl groups excluding tert-OH is 2. The van der Waals surface area contributed by atoms with Gasteiger partial charge < -0.3 is 52.8 Å². The molecule has 2 N–H and O–H groups in total. The summed E-state index contributed by atoms with van der Waals surface area (Å²) in [7, 11) is 0. The Morgan fingerprint density at radius 1 is 0.338 bits per heavy atom. The monoisotopic (exact) mass is 882 g/mol. The first-order valence-corrected chi connectivity index (χ1v) is 22.3. The minimum atomic E-state index is -1.54. The van der Waals surface area contributed by atoms with E-state index in [2.05, 4.69) is 0 Å². The van der Waals surface area contributed by atoms with Gasteiger partial charge in [-0.15, -0.1) is 0 Å². The van der Waals surface area contributed by atoms with Gasteiger partial charge in [-0.1, -0.05) is 182 Å². The third-order valence-electron chi connectivity index (χ3n) is 11.4. The SMILES string of the molecule is OC1C(OCc2ccccc2)[C@H](OCc2ccccc2)C(COCc2ccccc2)O[C@@H]1OC1C(OCc2ccccc2)[C@H](OCc2ccccc2)C(COCc2ccccc2)O[C@@H]1O. The Morgan fingerprint density at radius 2 is 0.646 bits per heavy atom. The van der Waals surface area contributed by atoms with E-state index in [9.17, 15) is 10.2 Å². The highest BCUT2D eigenvalue weighted by atomic mass is 16.7. The lowest BCUT2D eigenvalue weighted by Gasteiger charge is -2.48. The number of aliphatic hydroxyl groups is 2. The predicted molar refractivity (Wildman–Crippen MR) is 243 cm³/mol. The molecule has 340 valence electrons. The van der Waals surface area contributed by atoms with Crippen LogP contribution in [0.25, 0.3) is 0 Å². The smallest absolute Gasteiger partial charge is 0.187 e. The molecule has 2 saturated heterocycles. The molecular formula is C54H58O11. The molecule has 0 aromatic heterocycles. The lowest BCUT2D eigenvalue weighted by atomic mass is 9.96. The summed E-state index contributed by atoms with van der Waals surface area (Å²) in [6.45, 7) is 1.60. The summed E-state index contributed by atoms with van der Waals surface area (Å²) in [5, 5.41) is 24.4. The van der Waals surface area contributed by atoms with E-state index >= 15 is 0 Å². The molecule has 0 saturated carbocycles. The van der Waals surface area contributed by atoms with Crippen molar-refractivity contribution < 1.29 is 52.8 Å². The zero-order chi connectivity index (χ0) is 44.5. The van der Waals surface area contributed by atoms with Gasteiger partial charge in [-0.3, -0.25) is 0 Å². The van der Waals surface area contributed by atoms with E-state index < -0.39 is 61.4 Å². The molecule has 11 nitrogen and oxygen atoms in total. The van der Waals surface area contributed by atoms with Gasteiger partial charge in [-0.25, -0.2) is 0 Å². The van der Waals surface area contributed by atoms with Crippen LogP contribution in [-0.4, -0.2) is 84.8 Å². The van der Waals surface area contributed by atoms with Gasteiger partial charge in [0.15, 0.2) is 12.6 Å². The summed E-state index contributed by atoms with van der Waals surface area (Å²) in [6.07, 6.45) is -10.6. The first kappa shape index (κ1) is 46.4. The molecule has 2 fully saturated rings. The van der Waals surface area contributed by atoms with Crippen molar-refractivity contribution in [1.29, 1.82) is 0 Å². The molecule has 6 aromatic carbocycles. The molecule has 2 aliphatic heterocycles. The Kier molecular flexibility index (Phi) is 17.4. The minimum Gasteiger partial charge on any atom is -0.385 e. The highest BCUT2D eigenvalue weighted by Crippen LogP contribution is 2.35. The summed E-state index contributed by atoms with van der Waals surface area (Å²) in [5.74, 6) is 0. The molecule has 6 aromatic rings.